The van der Waals surface area contributed by atoms with Gasteiger partial charge in [-0.05, 0) is 31.9 Å². The Bertz CT molecular complexity index is 670. The Labute approximate surface area is 153 Å². The SMILES string of the molecule is CCC(CC)(CN)NC(=O)Cc1csc(COc2ccc(C)cc2)n1. The summed E-state index contributed by atoms with van der Waals surface area (Å²) < 4.78 is 5.73. The number of carbonyl (C=O) groups is 1. The van der Waals surface area contributed by atoms with E-state index < -0.39 is 0 Å². The Morgan fingerprint density at radius 2 is 1.96 bits per heavy atom. The Balaban J connectivity index is 1.88. The first-order chi connectivity index (χ1) is 12.0. The van der Waals surface area contributed by atoms with Crippen molar-refractivity contribution in [3.63, 3.8) is 0 Å². The highest BCUT2D eigenvalue weighted by atomic mass is 32.1. The molecule has 0 bridgehead atoms. The Kier molecular flexibility index (Phi) is 6.96. The smallest absolute Gasteiger partial charge is 0.226 e. The third-order valence-electron chi connectivity index (χ3n) is 4.47. The van der Waals surface area contributed by atoms with Crippen LogP contribution in [0.5, 0.6) is 5.75 Å². The van der Waals surface area contributed by atoms with Crippen LogP contribution in [0.25, 0.3) is 0 Å². The number of nitrogens with one attached hydrogen (secondary N) is 1. The van der Waals surface area contributed by atoms with E-state index in [0.29, 0.717) is 13.2 Å². The van der Waals surface area contributed by atoms with Crippen molar-refractivity contribution in [2.45, 2.75) is 52.2 Å². The van der Waals surface area contributed by atoms with Crippen molar-refractivity contribution in [2.75, 3.05) is 6.54 Å². The summed E-state index contributed by atoms with van der Waals surface area (Å²) in [5.74, 6) is 0.782. The summed E-state index contributed by atoms with van der Waals surface area (Å²) in [6.45, 7) is 6.98. The van der Waals surface area contributed by atoms with E-state index in [1.165, 1.54) is 16.9 Å². The fourth-order valence-corrected chi connectivity index (χ4v) is 3.25. The lowest BCUT2D eigenvalue weighted by Gasteiger charge is -2.31. The molecular weight excluding hydrogens is 334 g/mol. The molecule has 3 N–H and O–H groups in total. The van der Waals surface area contributed by atoms with Crippen LogP contribution in [-0.2, 0) is 17.8 Å². The minimum Gasteiger partial charge on any atom is -0.486 e. The van der Waals surface area contributed by atoms with Gasteiger partial charge in [0.1, 0.15) is 17.4 Å². The van der Waals surface area contributed by atoms with Gasteiger partial charge in [-0.2, -0.15) is 0 Å². The number of aromatic nitrogens is 1. The van der Waals surface area contributed by atoms with Crippen LogP contribution in [0, 0.1) is 6.92 Å². The zero-order valence-corrected chi connectivity index (χ0v) is 16.0. The molecule has 2 aromatic rings. The molecule has 0 atom stereocenters. The molecule has 0 unspecified atom stereocenters. The van der Waals surface area contributed by atoms with Crippen molar-refractivity contribution in [3.05, 3.63) is 45.9 Å². The fourth-order valence-electron chi connectivity index (χ4n) is 2.55. The fraction of sp³-hybridized carbons (Fsp3) is 0.474. The number of nitrogens with two attached hydrogens (primary N) is 1. The van der Waals surface area contributed by atoms with Crippen molar-refractivity contribution >= 4 is 17.2 Å². The predicted molar refractivity (Wildman–Crippen MR) is 102 cm³/mol. The van der Waals surface area contributed by atoms with Gasteiger partial charge in [-0.1, -0.05) is 31.5 Å². The van der Waals surface area contributed by atoms with Gasteiger partial charge in [0.2, 0.25) is 5.91 Å². The summed E-state index contributed by atoms with van der Waals surface area (Å²) in [4.78, 5) is 16.8. The number of hydrogen-bond acceptors (Lipinski definition) is 5. The van der Waals surface area contributed by atoms with E-state index in [1.54, 1.807) is 0 Å². The maximum atomic E-state index is 12.3. The zero-order valence-electron chi connectivity index (χ0n) is 15.2. The van der Waals surface area contributed by atoms with Crippen molar-refractivity contribution < 1.29 is 9.53 Å². The van der Waals surface area contributed by atoms with Crippen LogP contribution < -0.4 is 15.8 Å². The van der Waals surface area contributed by atoms with E-state index in [1.807, 2.05) is 50.4 Å². The highest BCUT2D eigenvalue weighted by molar-refractivity contribution is 7.09. The largest absolute Gasteiger partial charge is 0.486 e. The van der Waals surface area contributed by atoms with E-state index in [4.69, 9.17) is 10.5 Å². The monoisotopic (exact) mass is 361 g/mol. The average molecular weight is 362 g/mol. The molecule has 1 aromatic heterocycles. The van der Waals surface area contributed by atoms with Gasteiger partial charge in [-0.15, -0.1) is 11.3 Å². The molecule has 0 saturated carbocycles. The van der Waals surface area contributed by atoms with E-state index >= 15 is 0 Å². The van der Waals surface area contributed by atoms with Crippen molar-refractivity contribution in [2.24, 2.45) is 5.73 Å². The number of nitrogens with zero attached hydrogens (tertiary/aromatic N) is 1. The summed E-state index contributed by atoms with van der Waals surface area (Å²) >= 11 is 1.51. The molecule has 6 heteroatoms. The lowest BCUT2D eigenvalue weighted by molar-refractivity contribution is -0.122. The second kappa shape index (κ2) is 8.97. The molecule has 136 valence electrons. The predicted octanol–water partition coefficient (Wildman–Crippen LogP) is 3.21. The van der Waals surface area contributed by atoms with Crippen molar-refractivity contribution in [1.82, 2.24) is 10.3 Å². The van der Waals surface area contributed by atoms with E-state index in [-0.39, 0.29) is 17.9 Å². The minimum atomic E-state index is -0.315. The van der Waals surface area contributed by atoms with Gasteiger partial charge in [0.15, 0.2) is 0 Å². The number of hydrogen-bond donors (Lipinski definition) is 2. The van der Waals surface area contributed by atoms with Crippen molar-refractivity contribution in [3.8, 4) is 5.75 Å². The number of amides is 1. The molecule has 1 heterocycles. The quantitative estimate of drug-likeness (QED) is 0.719. The normalized spacial score (nSPS) is 11.4. The van der Waals surface area contributed by atoms with Crippen LogP contribution >= 0.6 is 11.3 Å². The maximum Gasteiger partial charge on any atom is 0.226 e. The molecule has 0 aliphatic heterocycles. The van der Waals surface area contributed by atoms with E-state index in [2.05, 4.69) is 10.3 Å². The molecule has 25 heavy (non-hydrogen) atoms. The molecule has 0 fully saturated rings. The van der Waals surface area contributed by atoms with Crippen LogP contribution in [0.3, 0.4) is 0 Å². The highest BCUT2D eigenvalue weighted by Crippen LogP contribution is 2.17. The van der Waals surface area contributed by atoms with Crippen LogP contribution in [0.4, 0.5) is 0 Å². The zero-order chi connectivity index (χ0) is 18.3. The van der Waals surface area contributed by atoms with Gasteiger partial charge in [-0.3, -0.25) is 4.79 Å². The molecule has 1 amide bonds. The van der Waals surface area contributed by atoms with Crippen LogP contribution in [0.2, 0.25) is 0 Å². The first-order valence-electron chi connectivity index (χ1n) is 8.64. The van der Waals surface area contributed by atoms with Gasteiger partial charge < -0.3 is 15.8 Å². The molecule has 2 rings (SSSR count). The maximum absolute atomic E-state index is 12.3. The minimum absolute atomic E-state index is 0.0366. The average Bonchev–Trinajstić information content (AvgIpc) is 3.06. The topological polar surface area (TPSA) is 77.2 Å². The molecule has 0 radical (unpaired) electrons. The van der Waals surface area contributed by atoms with Gasteiger partial charge in [-0.25, -0.2) is 4.98 Å². The highest BCUT2D eigenvalue weighted by Gasteiger charge is 2.26. The number of aryl methyl sites for hydroxylation is 1. The van der Waals surface area contributed by atoms with Crippen LogP contribution in [0.15, 0.2) is 29.6 Å². The van der Waals surface area contributed by atoms with Gasteiger partial charge in [0, 0.05) is 11.9 Å². The molecular formula is C19H27N3O2S. The Morgan fingerprint density at radius 3 is 2.56 bits per heavy atom. The third kappa shape index (κ3) is 5.54. The van der Waals surface area contributed by atoms with Gasteiger partial charge in [0.25, 0.3) is 0 Å². The number of carbonyl (C=O) groups excluding carboxylic acids is 1. The lowest BCUT2D eigenvalue weighted by atomic mass is 9.92. The summed E-state index contributed by atoms with van der Waals surface area (Å²) in [5, 5.41) is 5.84. The van der Waals surface area contributed by atoms with Gasteiger partial charge in [0.05, 0.1) is 17.7 Å². The summed E-state index contributed by atoms with van der Waals surface area (Å²) in [5.41, 5.74) is 7.48. The van der Waals surface area contributed by atoms with E-state index in [9.17, 15) is 4.79 Å². The standard InChI is InChI=1S/C19H27N3O2S/c1-4-19(5-2,13-20)22-17(23)10-15-12-25-18(21-15)11-24-16-8-6-14(3)7-9-16/h6-9,12H,4-5,10-11,13,20H2,1-3H3,(H,22,23). The number of benzene rings is 1. The summed E-state index contributed by atoms with van der Waals surface area (Å²) in [6.07, 6.45) is 1.90. The lowest BCUT2D eigenvalue weighted by Crippen LogP contribution is -2.53. The summed E-state index contributed by atoms with van der Waals surface area (Å²) in [6, 6.07) is 7.91. The van der Waals surface area contributed by atoms with Gasteiger partial charge >= 0.3 is 0 Å². The molecule has 0 aliphatic rings. The second-order valence-electron chi connectivity index (χ2n) is 6.25. The third-order valence-corrected chi connectivity index (χ3v) is 5.34. The van der Waals surface area contributed by atoms with Crippen LogP contribution in [-0.4, -0.2) is 23.0 Å². The molecule has 0 spiro atoms. The molecule has 0 saturated heterocycles. The Hall–Kier alpha value is -1.92. The first kappa shape index (κ1) is 19.4. The molecule has 5 nitrogen and oxygen atoms in total. The van der Waals surface area contributed by atoms with E-state index in [0.717, 1.165) is 29.3 Å². The second-order valence-corrected chi connectivity index (χ2v) is 7.19. The molecule has 0 aliphatic carbocycles. The number of ether oxygens (including phenoxy) is 1. The van der Waals surface area contributed by atoms with Crippen LogP contribution in [0.1, 0.15) is 43.0 Å². The Morgan fingerprint density at radius 1 is 1.28 bits per heavy atom. The number of thiazole rings is 1. The first-order valence-corrected chi connectivity index (χ1v) is 9.52. The molecule has 1 aromatic carbocycles. The van der Waals surface area contributed by atoms with Crippen molar-refractivity contribution in [1.29, 1.82) is 0 Å². The summed E-state index contributed by atoms with van der Waals surface area (Å²) in [7, 11) is 0. The number of rotatable bonds is 9.